The van der Waals surface area contributed by atoms with Crippen LogP contribution in [0.4, 0.5) is 18.0 Å². The van der Waals surface area contributed by atoms with E-state index in [2.05, 4.69) is 10.2 Å². The van der Waals surface area contributed by atoms with Crippen LogP contribution in [0.5, 0.6) is 5.75 Å². The van der Waals surface area contributed by atoms with Gasteiger partial charge in [0.1, 0.15) is 17.8 Å². The highest BCUT2D eigenvalue weighted by atomic mass is 19.4. The van der Waals surface area contributed by atoms with Crippen LogP contribution in [0.25, 0.3) is 0 Å². The maximum Gasteiger partial charge on any atom is 0.406 e. The molecule has 2 aliphatic carbocycles. The predicted octanol–water partition coefficient (Wildman–Crippen LogP) is 3.21. The number of fused-ring (bicyclic) bond motifs is 1. The highest BCUT2D eigenvalue weighted by molar-refractivity contribution is 6.07. The first kappa shape index (κ1) is 24.4. The number of phenols is 1. The fraction of sp³-hybridized carbons (Fsp3) is 0.680. The summed E-state index contributed by atoms with van der Waals surface area (Å²) < 4.78 is 40.5. The Morgan fingerprint density at radius 3 is 2.54 bits per heavy atom. The van der Waals surface area contributed by atoms with Gasteiger partial charge in [-0.15, -0.1) is 0 Å². The second-order valence-corrected chi connectivity index (χ2v) is 11.0. The first-order chi connectivity index (χ1) is 16.3. The van der Waals surface area contributed by atoms with Crippen molar-refractivity contribution < 1.29 is 33.0 Å². The van der Waals surface area contributed by atoms with E-state index in [4.69, 9.17) is 0 Å². The summed E-state index contributed by atoms with van der Waals surface area (Å²) in [6, 6.07) is 3.44. The number of benzene rings is 1. The summed E-state index contributed by atoms with van der Waals surface area (Å²) in [5.74, 6) is -0.181. The summed E-state index contributed by atoms with van der Waals surface area (Å²) in [6.45, 7) is 3.68. The zero-order chi connectivity index (χ0) is 25.4. The molecule has 4 fully saturated rings. The average molecular weight is 496 g/mol. The number of carbonyl (C=O) groups is 2. The number of nitrogens with zero attached hydrogens (tertiary/aromatic N) is 2. The van der Waals surface area contributed by atoms with Gasteiger partial charge in [-0.25, -0.2) is 4.79 Å². The summed E-state index contributed by atoms with van der Waals surface area (Å²) >= 11 is 0. The molecular weight excluding hydrogens is 463 g/mol. The molecule has 7 nitrogen and oxygen atoms in total. The van der Waals surface area contributed by atoms with E-state index in [1.54, 1.807) is 12.1 Å². The van der Waals surface area contributed by atoms with Crippen LogP contribution in [0.2, 0.25) is 0 Å². The standard InChI is InChI=1S/C25H32F3N3O4/c1-15-3-6-18(32)11-19(15)22-9-10-30(12-17-4-5-17)16(2)24(22,35)8-7-23(13-22)20(33)29-21(34)31(23)14-25(26,27)28/h3,6,11,16-17,32,35H,4-5,7-10,12-14H2,1-2H3,(H,29,33,34). The van der Waals surface area contributed by atoms with E-state index in [0.29, 0.717) is 29.3 Å². The number of amides is 3. The minimum Gasteiger partial charge on any atom is -0.508 e. The molecule has 5 rings (SSSR count). The predicted molar refractivity (Wildman–Crippen MR) is 121 cm³/mol. The number of aliphatic hydroxyl groups is 1. The maximum atomic E-state index is 13.5. The number of hydrogen-bond donors (Lipinski definition) is 3. The fourth-order valence-corrected chi connectivity index (χ4v) is 7.02. The third-order valence-electron chi connectivity index (χ3n) is 9.08. The molecule has 1 aromatic carbocycles. The Morgan fingerprint density at radius 1 is 1.17 bits per heavy atom. The van der Waals surface area contributed by atoms with Crippen molar-refractivity contribution in [1.82, 2.24) is 15.1 Å². The highest BCUT2D eigenvalue weighted by Crippen LogP contribution is 2.59. The lowest BCUT2D eigenvalue weighted by molar-refractivity contribution is -0.190. The largest absolute Gasteiger partial charge is 0.508 e. The van der Waals surface area contributed by atoms with Gasteiger partial charge in [-0.3, -0.25) is 15.0 Å². The van der Waals surface area contributed by atoms with Crippen molar-refractivity contribution in [3.8, 4) is 5.75 Å². The Morgan fingerprint density at radius 2 is 1.89 bits per heavy atom. The number of phenolic OH excluding ortho intramolecular Hbond substituents is 1. The quantitative estimate of drug-likeness (QED) is 0.558. The second kappa shape index (κ2) is 7.83. The zero-order valence-electron chi connectivity index (χ0n) is 20.0. The van der Waals surface area contributed by atoms with Crippen LogP contribution in [0.15, 0.2) is 18.2 Å². The Bertz CT molecular complexity index is 1060. The van der Waals surface area contributed by atoms with Gasteiger partial charge in [0.05, 0.1) is 5.60 Å². The molecule has 1 spiro atoms. The molecule has 4 aliphatic rings. The normalized spacial score (nSPS) is 35.9. The van der Waals surface area contributed by atoms with Crippen molar-refractivity contribution in [1.29, 1.82) is 0 Å². The van der Waals surface area contributed by atoms with Gasteiger partial charge in [-0.1, -0.05) is 6.07 Å². The first-order valence-electron chi connectivity index (χ1n) is 12.3. The Kier molecular flexibility index (Phi) is 5.45. The van der Waals surface area contributed by atoms with Gasteiger partial charge in [0.2, 0.25) is 0 Å². The molecule has 0 aromatic heterocycles. The van der Waals surface area contributed by atoms with Gasteiger partial charge in [-0.2, -0.15) is 13.2 Å². The molecule has 2 saturated carbocycles. The molecule has 4 atom stereocenters. The minimum atomic E-state index is -4.68. The number of rotatable bonds is 4. The van der Waals surface area contributed by atoms with Gasteiger partial charge >= 0.3 is 12.2 Å². The lowest BCUT2D eigenvalue weighted by Crippen LogP contribution is -2.74. The molecule has 35 heavy (non-hydrogen) atoms. The fourth-order valence-electron chi connectivity index (χ4n) is 7.02. The molecule has 4 unspecified atom stereocenters. The molecule has 3 N–H and O–H groups in total. The third kappa shape index (κ3) is 3.71. The number of nitrogens with one attached hydrogen (secondary N) is 1. The van der Waals surface area contributed by atoms with E-state index in [1.807, 2.05) is 13.8 Å². The number of likely N-dealkylation sites (tertiary alicyclic amines) is 1. The van der Waals surface area contributed by atoms with Crippen LogP contribution in [-0.2, 0) is 10.2 Å². The smallest absolute Gasteiger partial charge is 0.406 e. The van der Waals surface area contributed by atoms with Crippen molar-refractivity contribution in [2.24, 2.45) is 5.92 Å². The number of imide groups is 1. The summed E-state index contributed by atoms with van der Waals surface area (Å²) in [4.78, 5) is 28.6. The van der Waals surface area contributed by atoms with Crippen molar-refractivity contribution >= 4 is 11.9 Å². The molecule has 1 aromatic rings. The van der Waals surface area contributed by atoms with E-state index >= 15 is 0 Å². The molecule has 0 bridgehead atoms. The SMILES string of the molecule is Cc1ccc(O)cc1C12CCN(CC3CC3)C(C)C1(O)CCC1(C2)C(=O)NC(=O)N1CC(F)(F)F. The van der Waals surface area contributed by atoms with Crippen LogP contribution < -0.4 is 5.32 Å². The average Bonchev–Trinajstić information content (AvgIpc) is 3.56. The van der Waals surface area contributed by atoms with Crippen LogP contribution in [0.3, 0.4) is 0 Å². The number of urea groups is 1. The molecule has 192 valence electrons. The molecule has 3 amide bonds. The van der Waals surface area contributed by atoms with Gasteiger partial charge < -0.3 is 15.1 Å². The molecule has 2 saturated heterocycles. The van der Waals surface area contributed by atoms with Crippen LogP contribution in [0, 0.1) is 12.8 Å². The Labute approximate surface area is 202 Å². The van der Waals surface area contributed by atoms with E-state index in [1.165, 1.54) is 6.07 Å². The molecule has 2 heterocycles. The van der Waals surface area contributed by atoms with Gasteiger partial charge in [0.25, 0.3) is 5.91 Å². The molecule has 0 radical (unpaired) electrons. The number of piperidine rings is 1. The van der Waals surface area contributed by atoms with Crippen LogP contribution >= 0.6 is 0 Å². The highest BCUT2D eigenvalue weighted by Gasteiger charge is 2.69. The van der Waals surface area contributed by atoms with Crippen molar-refractivity contribution in [3.05, 3.63) is 29.3 Å². The maximum absolute atomic E-state index is 13.5. The first-order valence-corrected chi connectivity index (χ1v) is 12.3. The summed E-state index contributed by atoms with van der Waals surface area (Å²) in [6.07, 6.45) is -2.15. The molecular formula is C25H32F3N3O4. The van der Waals surface area contributed by atoms with Gasteiger partial charge in [0, 0.05) is 18.0 Å². The zero-order valence-corrected chi connectivity index (χ0v) is 20.0. The molecule has 2 aliphatic heterocycles. The van der Waals surface area contributed by atoms with E-state index in [0.717, 1.165) is 24.9 Å². The van der Waals surface area contributed by atoms with Crippen molar-refractivity contribution in [2.75, 3.05) is 19.6 Å². The van der Waals surface area contributed by atoms with Crippen LogP contribution in [0.1, 0.15) is 56.6 Å². The number of hydrogen-bond acceptors (Lipinski definition) is 5. The molecule has 10 heteroatoms. The minimum absolute atomic E-state index is 0.0193. The number of aromatic hydroxyl groups is 1. The van der Waals surface area contributed by atoms with E-state index in [-0.39, 0.29) is 31.1 Å². The van der Waals surface area contributed by atoms with Gasteiger partial charge in [0.15, 0.2) is 0 Å². The number of carbonyl (C=O) groups excluding carboxylic acids is 2. The van der Waals surface area contributed by atoms with Crippen LogP contribution in [-0.4, -0.2) is 74.9 Å². The van der Waals surface area contributed by atoms with E-state index < -0.39 is 41.2 Å². The third-order valence-corrected chi connectivity index (χ3v) is 9.08. The Hall–Kier alpha value is -2.33. The Balaban J connectivity index is 1.64. The van der Waals surface area contributed by atoms with Gasteiger partial charge in [-0.05, 0) is 88.1 Å². The van der Waals surface area contributed by atoms with Crippen molar-refractivity contribution in [2.45, 2.75) is 81.1 Å². The monoisotopic (exact) mass is 495 g/mol. The lowest BCUT2D eigenvalue weighted by Gasteiger charge is -2.63. The number of aryl methyl sites for hydroxylation is 1. The lowest BCUT2D eigenvalue weighted by atomic mass is 9.49. The number of halogens is 3. The number of alkyl halides is 3. The van der Waals surface area contributed by atoms with Crippen molar-refractivity contribution in [3.63, 3.8) is 0 Å². The van der Waals surface area contributed by atoms with E-state index in [9.17, 15) is 33.0 Å². The summed E-state index contributed by atoms with van der Waals surface area (Å²) in [5, 5.41) is 24.9. The topological polar surface area (TPSA) is 93.1 Å². The summed E-state index contributed by atoms with van der Waals surface area (Å²) in [5.41, 5.74) is -2.82. The second-order valence-electron chi connectivity index (χ2n) is 11.0. The summed E-state index contributed by atoms with van der Waals surface area (Å²) in [7, 11) is 0.